The van der Waals surface area contributed by atoms with Gasteiger partial charge in [-0.25, -0.2) is 0 Å². The van der Waals surface area contributed by atoms with Gasteiger partial charge >= 0.3 is 0 Å². The summed E-state index contributed by atoms with van der Waals surface area (Å²) in [7, 11) is 0. The Morgan fingerprint density at radius 2 is 1.62 bits per heavy atom. The molecule has 1 aliphatic rings. The van der Waals surface area contributed by atoms with Crippen LogP contribution in [0.4, 0.5) is 0 Å². The molecule has 3 aromatic carbocycles. The minimum Gasteiger partial charge on any atom is -0.394 e. The lowest BCUT2D eigenvalue weighted by atomic mass is 9.83. The minimum absolute atomic E-state index is 0.00315. The molecule has 1 saturated carbocycles. The standard InChI is InChI=1S/C35H37N3O2/c1-23-20-32-33(24(2)36-23)29-14-8-9-15-31(29)38(32)21-25-16-18-28(19-17-25)34(27-12-6-7-13-27)35(40)37-30(22-39)26-10-4-3-5-11-26/h3-5,8-11,14-20,27,30,34,39H,6-7,12-13,21-22H2,1-2H3,(H,37,40)/t30-,34-/m0/s1. The Bertz CT molecular complexity index is 1630. The number of aryl methyl sites for hydroxylation is 2. The molecule has 0 spiro atoms. The first-order valence-electron chi connectivity index (χ1n) is 14.4. The van der Waals surface area contributed by atoms with E-state index in [0.29, 0.717) is 5.92 Å². The summed E-state index contributed by atoms with van der Waals surface area (Å²) in [5.41, 5.74) is 7.66. The average molecular weight is 532 g/mol. The lowest BCUT2D eigenvalue weighted by Crippen LogP contribution is -2.37. The number of amides is 1. The number of benzene rings is 3. The van der Waals surface area contributed by atoms with Crippen LogP contribution in [0.25, 0.3) is 21.8 Å². The summed E-state index contributed by atoms with van der Waals surface area (Å²) in [6, 6.07) is 28.7. The van der Waals surface area contributed by atoms with Crippen molar-refractivity contribution < 1.29 is 9.90 Å². The summed E-state index contributed by atoms with van der Waals surface area (Å²) in [6.07, 6.45) is 4.44. The summed E-state index contributed by atoms with van der Waals surface area (Å²) in [5, 5.41) is 15.7. The summed E-state index contributed by atoms with van der Waals surface area (Å²) < 4.78 is 2.38. The highest BCUT2D eigenvalue weighted by Gasteiger charge is 2.33. The fraction of sp³-hybridized carbons (Fsp3) is 0.314. The molecule has 40 heavy (non-hydrogen) atoms. The molecule has 0 bridgehead atoms. The first-order valence-corrected chi connectivity index (χ1v) is 14.4. The smallest absolute Gasteiger partial charge is 0.228 e. The Morgan fingerprint density at radius 3 is 2.35 bits per heavy atom. The molecular weight excluding hydrogens is 494 g/mol. The number of nitrogens with zero attached hydrogens (tertiary/aromatic N) is 2. The van der Waals surface area contributed by atoms with Crippen molar-refractivity contribution in [3.8, 4) is 0 Å². The molecule has 2 heterocycles. The van der Waals surface area contributed by atoms with Gasteiger partial charge in [0.2, 0.25) is 5.91 Å². The summed E-state index contributed by atoms with van der Waals surface area (Å²) >= 11 is 0. The maximum absolute atomic E-state index is 13.7. The molecule has 2 N–H and O–H groups in total. The number of rotatable bonds is 8. The van der Waals surface area contributed by atoms with Crippen LogP contribution in [0.5, 0.6) is 0 Å². The van der Waals surface area contributed by atoms with E-state index in [1.807, 2.05) is 30.3 Å². The minimum atomic E-state index is -0.409. The van der Waals surface area contributed by atoms with Crippen molar-refractivity contribution >= 4 is 27.7 Å². The Kier molecular flexibility index (Phi) is 7.40. The van der Waals surface area contributed by atoms with Gasteiger partial charge in [-0.05, 0) is 61.4 Å². The zero-order valence-electron chi connectivity index (χ0n) is 23.3. The summed E-state index contributed by atoms with van der Waals surface area (Å²) in [6.45, 7) is 4.76. The van der Waals surface area contributed by atoms with E-state index in [9.17, 15) is 9.90 Å². The van der Waals surface area contributed by atoms with E-state index in [-0.39, 0.29) is 18.4 Å². The fourth-order valence-electron chi connectivity index (χ4n) is 6.70. The van der Waals surface area contributed by atoms with Crippen LogP contribution in [0.15, 0.2) is 84.9 Å². The molecule has 0 aliphatic heterocycles. The van der Waals surface area contributed by atoms with E-state index in [1.54, 1.807) is 0 Å². The third-order valence-electron chi connectivity index (χ3n) is 8.60. The quantitative estimate of drug-likeness (QED) is 0.227. The summed E-state index contributed by atoms with van der Waals surface area (Å²) in [4.78, 5) is 18.5. The van der Waals surface area contributed by atoms with Gasteiger partial charge in [-0.3, -0.25) is 9.78 Å². The molecule has 204 valence electrons. The highest BCUT2D eigenvalue weighted by molar-refractivity contribution is 6.09. The van der Waals surface area contributed by atoms with Crippen LogP contribution in [-0.4, -0.2) is 27.2 Å². The van der Waals surface area contributed by atoms with E-state index in [2.05, 4.69) is 78.3 Å². The van der Waals surface area contributed by atoms with E-state index in [0.717, 1.165) is 54.7 Å². The number of pyridine rings is 1. The molecule has 0 unspecified atom stereocenters. The van der Waals surface area contributed by atoms with E-state index < -0.39 is 6.04 Å². The Balaban J connectivity index is 1.30. The van der Waals surface area contributed by atoms with Crippen molar-refractivity contribution in [2.75, 3.05) is 6.61 Å². The molecule has 0 radical (unpaired) electrons. The molecule has 5 nitrogen and oxygen atoms in total. The SMILES string of the molecule is Cc1cc2c(c(C)n1)c1ccccc1n2Cc1ccc([C@@H](C(=O)N[C@@H](CO)c2ccccc2)C2CCCC2)cc1. The zero-order valence-corrected chi connectivity index (χ0v) is 23.3. The van der Waals surface area contributed by atoms with Gasteiger partial charge in [0.05, 0.1) is 24.1 Å². The second-order valence-corrected chi connectivity index (χ2v) is 11.3. The fourth-order valence-corrected chi connectivity index (χ4v) is 6.70. The van der Waals surface area contributed by atoms with Gasteiger partial charge < -0.3 is 15.0 Å². The van der Waals surface area contributed by atoms with Crippen LogP contribution >= 0.6 is 0 Å². The number of carbonyl (C=O) groups is 1. The van der Waals surface area contributed by atoms with Crippen LogP contribution in [0, 0.1) is 19.8 Å². The molecular formula is C35H37N3O2. The van der Waals surface area contributed by atoms with Crippen molar-refractivity contribution in [2.24, 2.45) is 5.92 Å². The van der Waals surface area contributed by atoms with Gasteiger partial charge in [0.25, 0.3) is 0 Å². The van der Waals surface area contributed by atoms with E-state index in [4.69, 9.17) is 4.98 Å². The molecule has 1 fully saturated rings. The number of hydrogen-bond donors (Lipinski definition) is 2. The molecule has 6 rings (SSSR count). The van der Waals surface area contributed by atoms with Gasteiger partial charge in [-0.2, -0.15) is 0 Å². The lowest BCUT2D eigenvalue weighted by molar-refractivity contribution is -0.124. The van der Waals surface area contributed by atoms with Crippen LogP contribution in [0.2, 0.25) is 0 Å². The van der Waals surface area contributed by atoms with Gasteiger partial charge in [-0.15, -0.1) is 0 Å². The van der Waals surface area contributed by atoms with Gasteiger partial charge in [0.15, 0.2) is 0 Å². The zero-order chi connectivity index (χ0) is 27.6. The number of nitrogens with one attached hydrogen (secondary N) is 1. The van der Waals surface area contributed by atoms with Crippen molar-refractivity contribution in [3.05, 3.63) is 113 Å². The van der Waals surface area contributed by atoms with Gasteiger partial charge in [0, 0.05) is 34.2 Å². The number of aromatic nitrogens is 2. The second-order valence-electron chi connectivity index (χ2n) is 11.3. The van der Waals surface area contributed by atoms with Crippen LogP contribution in [0.3, 0.4) is 0 Å². The topological polar surface area (TPSA) is 67.2 Å². The first kappa shape index (κ1) is 26.3. The maximum Gasteiger partial charge on any atom is 0.228 e. The van der Waals surface area contributed by atoms with Crippen molar-refractivity contribution in [3.63, 3.8) is 0 Å². The highest BCUT2D eigenvalue weighted by Crippen LogP contribution is 2.38. The molecule has 2 aromatic heterocycles. The number of carbonyl (C=O) groups excluding carboxylic acids is 1. The van der Waals surface area contributed by atoms with E-state index >= 15 is 0 Å². The lowest BCUT2D eigenvalue weighted by Gasteiger charge is -2.26. The predicted molar refractivity (Wildman–Crippen MR) is 161 cm³/mol. The van der Waals surface area contributed by atoms with Crippen molar-refractivity contribution in [1.29, 1.82) is 0 Å². The predicted octanol–water partition coefficient (Wildman–Crippen LogP) is 6.98. The van der Waals surface area contributed by atoms with Gasteiger partial charge in [0.1, 0.15) is 0 Å². The number of para-hydroxylation sites is 1. The van der Waals surface area contributed by atoms with Crippen LogP contribution in [-0.2, 0) is 11.3 Å². The third kappa shape index (κ3) is 5.02. The first-order chi connectivity index (χ1) is 19.5. The highest BCUT2D eigenvalue weighted by atomic mass is 16.3. The van der Waals surface area contributed by atoms with E-state index in [1.165, 1.54) is 27.4 Å². The number of aliphatic hydroxyl groups is 1. The van der Waals surface area contributed by atoms with Crippen LogP contribution < -0.4 is 5.32 Å². The van der Waals surface area contributed by atoms with Crippen molar-refractivity contribution in [2.45, 2.75) is 58.0 Å². The molecule has 1 aliphatic carbocycles. The Labute approximate surface area is 235 Å². The largest absolute Gasteiger partial charge is 0.394 e. The normalized spacial score (nSPS) is 15.5. The molecule has 5 aromatic rings. The Hall–Kier alpha value is -3.96. The molecule has 1 amide bonds. The summed E-state index contributed by atoms with van der Waals surface area (Å²) in [5.74, 6) is 0.0964. The molecule has 2 atom stereocenters. The monoisotopic (exact) mass is 531 g/mol. The maximum atomic E-state index is 13.7. The molecule has 5 heteroatoms. The third-order valence-corrected chi connectivity index (χ3v) is 8.60. The number of aliphatic hydroxyl groups excluding tert-OH is 1. The Morgan fingerprint density at radius 1 is 0.925 bits per heavy atom. The van der Waals surface area contributed by atoms with Crippen molar-refractivity contribution in [1.82, 2.24) is 14.9 Å². The number of hydrogen-bond acceptors (Lipinski definition) is 3. The molecule has 0 saturated heterocycles. The second kappa shape index (κ2) is 11.3. The number of fused-ring (bicyclic) bond motifs is 3. The van der Waals surface area contributed by atoms with Crippen LogP contribution in [0.1, 0.15) is 65.7 Å². The van der Waals surface area contributed by atoms with Gasteiger partial charge in [-0.1, -0.05) is 85.6 Å². The average Bonchev–Trinajstić information content (AvgIpc) is 3.60.